The number of halogens is 1. The van der Waals surface area contributed by atoms with Crippen LogP contribution >= 0.6 is 11.6 Å². The van der Waals surface area contributed by atoms with Crippen LogP contribution in [0, 0.1) is 0 Å². The summed E-state index contributed by atoms with van der Waals surface area (Å²) in [6, 6.07) is 0. The van der Waals surface area contributed by atoms with Crippen LogP contribution in [0.1, 0.15) is 5.69 Å². The van der Waals surface area contributed by atoms with Gasteiger partial charge >= 0.3 is 0 Å². The van der Waals surface area contributed by atoms with E-state index in [0.29, 0.717) is 0 Å². The summed E-state index contributed by atoms with van der Waals surface area (Å²) in [7, 11) is 1.88. The first-order chi connectivity index (χ1) is 6.27. The average Bonchev–Trinajstić information content (AvgIpc) is 2.51. The van der Waals surface area contributed by atoms with Crippen LogP contribution in [0.5, 0.6) is 0 Å². The van der Waals surface area contributed by atoms with E-state index < -0.39 is 0 Å². The Labute approximate surface area is 81.6 Å². The van der Waals surface area contributed by atoms with Gasteiger partial charge in [-0.2, -0.15) is 0 Å². The number of hydrogen-bond donors (Lipinski definition) is 1. The second kappa shape index (κ2) is 3.47. The summed E-state index contributed by atoms with van der Waals surface area (Å²) < 4.78 is 1.75. The third-order valence-electron chi connectivity index (χ3n) is 2.08. The fourth-order valence-electron chi connectivity index (χ4n) is 1.44. The highest BCUT2D eigenvalue weighted by atomic mass is 35.5. The van der Waals surface area contributed by atoms with Crippen LogP contribution in [0.3, 0.4) is 0 Å². The Hall–Kier alpha value is -0.870. The summed E-state index contributed by atoms with van der Waals surface area (Å²) in [6.07, 6.45) is 3.80. The zero-order chi connectivity index (χ0) is 9.26. The third kappa shape index (κ3) is 1.73. The molecule has 0 aliphatic carbocycles. The van der Waals surface area contributed by atoms with Gasteiger partial charge in [0.15, 0.2) is 0 Å². The van der Waals surface area contributed by atoms with E-state index in [1.807, 2.05) is 7.05 Å². The maximum Gasteiger partial charge on any atom is 0.0852 e. The van der Waals surface area contributed by atoms with E-state index in [0.717, 1.165) is 18.8 Å². The van der Waals surface area contributed by atoms with E-state index >= 15 is 0 Å². The molecule has 1 N–H and O–H groups in total. The Bertz CT molecular complexity index is 331. The number of nitrogens with zero attached hydrogens (tertiary/aromatic N) is 3. The van der Waals surface area contributed by atoms with Crippen LogP contribution in [-0.2, 0) is 7.05 Å². The lowest BCUT2D eigenvalue weighted by Crippen LogP contribution is -2.29. The molecular formula is C8H11ClN4. The molecule has 0 bridgehead atoms. The Balaban J connectivity index is 2.30. The van der Waals surface area contributed by atoms with Crippen molar-refractivity contribution in [2.75, 3.05) is 13.1 Å². The molecule has 0 radical (unpaired) electrons. The highest BCUT2D eigenvalue weighted by molar-refractivity contribution is 6.22. The van der Waals surface area contributed by atoms with Gasteiger partial charge in [0.05, 0.1) is 17.3 Å². The molecule has 13 heavy (non-hydrogen) atoms. The summed E-state index contributed by atoms with van der Waals surface area (Å²) >= 11 is 5.99. The van der Waals surface area contributed by atoms with E-state index in [-0.39, 0.29) is 5.38 Å². The molecule has 1 atom stereocenters. The lowest BCUT2D eigenvalue weighted by atomic mass is 10.1. The number of nitrogens with one attached hydrogen (secondary N) is 1. The van der Waals surface area contributed by atoms with Gasteiger partial charge in [0.1, 0.15) is 0 Å². The lowest BCUT2D eigenvalue weighted by Gasteiger charge is -2.17. The lowest BCUT2D eigenvalue weighted by molar-refractivity contribution is 0.692. The molecule has 1 aliphatic rings. The molecule has 1 aromatic heterocycles. The van der Waals surface area contributed by atoms with Crippen LogP contribution in [-0.4, -0.2) is 33.5 Å². The Morgan fingerprint density at radius 2 is 2.54 bits per heavy atom. The predicted octanol–water partition coefficient (Wildman–Crippen LogP) is 0.409. The van der Waals surface area contributed by atoms with E-state index in [2.05, 4.69) is 21.7 Å². The molecule has 0 fully saturated rings. The fourth-order valence-corrected chi connectivity index (χ4v) is 1.70. The SMILES string of the molecule is Cn1nncc1C1=CC(Cl)CNC1. The zero-order valence-electron chi connectivity index (χ0n) is 7.37. The molecule has 0 aromatic carbocycles. The molecule has 0 spiro atoms. The largest absolute Gasteiger partial charge is 0.311 e. The Morgan fingerprint density at radius 1 is 1.69 bits per heavy atom. The van der Waals surface area contributed by atoms with Gasteiger partial charge in [-0.25, -0.2) is 4.68 Å². The molecule has 1 aliphatic heterocycles. The van der Waals surface area contributed by atoms with Crippen molar-refractivity contribution >= 4 is 17.2 Å². The van der Waals surface area contributed by atoms with Crippen molar-refractivity contribution in [1.29, 1.82) is 0 Å². The number of aromatic nitrogens is 3. The van der Waals surface area contributed by atoms with Gasteiger partial charge in [0.25, 0.3) is 0 Å². The van der Waals surface area contributed by atoms with Crippen molar-refractivity contribution in [1.82, 2.24) is 20.3 Å². The smallest absolute Gasteiger partial charge is 0.0852 e. The normalized spacial score (nSPS) is 22.9. The molecule has 4 nitrogen and oxygen atoms in total. The van der Waals surface area contributed by atoms with Crippen molar-refractivity contribution in [2.45, 2.75) is 5.38 Å². The minimum atomic E-state index is 0.0682. The molecule has 1 unspecified atom stereocenters. The van der Waals surface area contributed by atoms with Gasteiger partial charge in [-0.15, -0.1) is 16.7 Å². The van der Waals surface area contributed by atoms with E-state index in [4.69, 9.17) is 11.6 Å². The minimum absolute atomic E-state index is 0.0682. The van der Waals surface area contributed by atoms with Gasteiger partial charge in [0.2, 0.25) is 0 Å². The monoisotopic (exact) mass is 198 g/mol. The summed E-state index contributed by atoms with van der Waals surface area (Å²) in [4.78, 5) is 0. The van der Waals surface area contributed by atoms with Gasteiger partial charge in [-0.1, -0.05) is 11.3 Å². The maximum absolute atomic E-state index is 5.99. The van der Waals surface area contributed by atoms with Crippen LogP contribution in [0.15, 0.2) is 12.3 Å². The second-order valence-electron chi connectivity index (χ2n) is 3.08. The van der Waals surface area contributed by atoms with Gasteiger partial charge < -0.3 is 5.32 Å². The molecule has 5 heteroatoms. The first kappa shape index (κ1) is 8.72. The minimum Gasteiger partial charge on any atom is -0.311 e. The summed E-state index contributed by atoms with van der Waals surface area (Å²) in [5.41, 5.74) is 2.19. The Kier molecular flexibility index (Phi) is 2.33. The number of alkyl halides is 1. The van der Waals surface area contributed by atoms with Crippen molar-refractivity contribution in [3.05, 3.63) is 18.0 Å². The highest BCUT2D eigenvalue weighted by Crippen LogP contribution is 2.16. The first-order valence-corrected chi connectivity index (χ1v) is 4.61. The van der Waals surface area contributed by atoms with Crippen molar-refractivity contribution in [3.63, 3.8) is 0 Å². The molecule has 0 saturated carbocycles. The van der Waals surface area contributed by atoms with Gasteiger partial charge in [-0.05, 0) is 5.57 Å². The van der Waals surface area contributed by atoms with Crippen molar-refractivity contribution in [2.24, 2.45) is 7.05 Å². The van der Waals surface area contributed by atoms with Crippen LogP contribution < -0.4 is 5.32 Å². The third-order valence-corrected chi connectivity index (χ3v) is 2.36. The first-order valence-electron chi connectivity index (χ1n) is 4.18. The average molecular weight is 199 g/mol. The number of hydrogen-bond acceptors (Lipinski definition) is 3. The number of aryl methyl sites for hydroxylation is 1. The summed E-state index contributed by atoms with van der Waals surface area (Å²) in [5, 5.41) is 11.0. The Morgan fingerprint density at radius 3 is 3.15 bits per heavy atom. The molecule has 1 aromatic rings. The predicted molar refractivity (Wildman–Crippen MR) is 51.5 cm³/mol. The molecule has 2 rings (SSSR count). The van der Waals surface area contributed by atoms with E-state index in [9.17, 15) is 0 Å². The summed E-state index contributed by atoms with van der Waals surface area (Å²) in [6.45, 7) is 1.67. The van der Waals surface area contributed by atoms with Crippen molar-refractivity contribution in [3.8, 4) is 0 Å². The highest BCUT2D eigenvalue weighted by Gasteiger charge is 2.14. The van der Waals surface area contributed by atoms with Crippen LogP contribution in [0.4, 0.5) is 0 Å². The van der Waals surface area contributed by atoms with Gasteiger partial charge in [0, 0.05) is 20.1 Å². The molecule has 0 amide bonds. The standard InChI is InChI=1S/C8H11ClN4/c1-13-8(5-11-12-13)6-2-7(9)4-10-3-6/h2,5,7,10H,3-4H2,1H3. The topological polar surface area (TPSA) is 42.7 Å². The van der Waals surface area contributed by atoms with Crippen molar-refractivity contribution < 1.29 is 0 Å². The summed E-state index contributed by atoms with van der Waals surface area (Å²) in [5.74, 6) is 0. The molecule has 70 valence electrons. The van der Waals surface area contributed by atoms with Crippen LogP contribution in [0.2, 0.25) is 0 Å². The second-order valence-corrected chi connectivity index (χ2v) is 3.64. The van der Waals surface area contributed by atoms with E-state index in [1.165, 1.54) is 5.57 Å². The molecule has 2 heterocycles. The molecule has 0 saturated heterocycles. The molecular weight excluding hydrogens is 188 g/mol. The number of rotatable bonds is 1. The van der Waals surface area contributed by atoms with Gasteiger partial charge in [-0.3, -0.25) is 0 Å². The van der Waals surface area contributed by atoms with Crippen LogP contribution in [0.25, 0.3) is 5.57 Å². The maximum atomic E-state index is 5.99. The van der Waals surface area contributed by atoms with E-state index in [1.54, 1.807) is 10.9 Å². The fraction of sp³-hybridized carbons (Fsp3) is 0.500. The quantitative estimate of drug-likeness (QED) is 0.665. The zero-order valence-corrected chi connectivity index (χ0v) is 8.12.